The molecule has 1 aliphatic heterocycles. The molecule has 1 aliphatic rings. The Morgan fingerprint density at radius 1 is 1.18 bits per heavy atom. The fourth-order valence-electron chi connectivity index (χ4n) is 3.68. The first-order chi connectivity index (χ1) is 12.8. The molecular weight excluding hydrogens is 398 g/mol. The number of nitrogens with zero attached hydrogens (tertiary/aromatic N) is 2. The maximum atomic E-state index is 12.9. The molecule has 8 heteroatoms. The van der Waals surface area contributed by atoms with E-state index < -0.39 is 10.0 Å². The van der Waals surface area contributed by atoms with Gasteiger partial charge in [-0.3, -0.25) is 4.79 Å². The zero-order valence-electron chi connectivity index (χ0n) is 17.1. The number of sulfonamides is 1. The summed E-state index contributed by atoms with van der Waals surface area (Å²) < 4.78 is 27.2. The van der Waals surface area contributed by atoms with Gasteiger partial charge in [-0.05, 0) is 55.9 Å². The van der Waals surface area contributed by atoms with Gasteiger partial charge in [0.25, 0.3) is 5.91 Å². The molecular formula is C20H34ClN3O3S. The molecule has 0 aromatic heterocycles. The number of benzene rings is 1. The fourth-order valence-corrected chi connectivity index (χ4v) is 5.30. The average molecular weight is 432 g/mol. The van der Waals surface area contributed by atoms with Crippen molar-refractivity contribution in [3.8, 4) is 0 Å². The maximum Gasteiger partial charge on any atom is 0.254 e. The van der Waals surface area contributed by atoms with E-state index in [1.807, 2.05) is 18.7 Å². The van der Waals surface area contributed by atoms with Crippen molar-refractivity contribution in [2.24, 2.45) is 11.7 Å². The number of carbonyl (C=O) groups excluding carboxylic acids is 1. The van der Waals surface area contributed by atoms with E-state index in [0.717, 1.165) is 25.7 Å². The predicted molar refractivity (Wildman–Crippen MR) is 115 cm³/mol. The molecule has 1 aromatic carbocycles. The molecule has 160 valence electrons. The quantitative estimate of drug-likeness (QED) is 0.685. The highest BCUT2D eigenvalue weighted by molar-refractivity contribution is 7.89. The molecule has 28 heavy (non-hydrogen) atoms. The number of hydrogen-bond acceptors (Lipinski definition) is 4. The van der Waals surface area contributed by atoms with Gasteiger partial charge in [0.15, 0.2) is 0 Å². The average Bonchev–Trinajstić information content (AvgIpc) is 2.67. The highest BCUT2D eigenvalue weighted by atomic mass is 35.5. The molecule has 2 unspecified atom stereocenters. The highest BCUT2D eigenvalue weighted by Gasteiger charge is 2.30. The van der Waals surface area contributed by atoms with Crippen molar-refractivity contribution in [1.29, 1.82) is 0 Å². The van der Waals surface area contributed by atoms with Gasteiger partial charge in [0.05, 0.1) is 4.90 Å². The summed E-state index contributed by atoms with van der Waals surface area (Å²) in [5, 5.41) is 0. The fraction of sp³-hybridized carbons (Fsp3) is 0.650. The van der Waals surface area contributed by atoms with Gasteiger partial charge < -0.3 is 10.6 Å². The van der Waals surface area contributed by atoms with Gasteiger partial charge in [-0.1, -0.05) is 20.8 Å². The smallest absolute Gasteiger partial charge is 0.254 e. The van der Waals surface area contributed by atoms with Crippen molar-refractivity contribution < 1.29 is 13.2 Å². The van der Waals surface area contributed by atoms with Crippen LogP contribution in [0.1, 0.15) is 56.8 Å². The van der Waals surface area contributed by atoms with Gasteiger partial charge >= 0.3 is 0 Å². The zero-order valence-corrected chi connectivity index (χ0v) is 18.8. The Balaban J connectivity index is 0.00000392. The summed E-state index contributed by atoms with van der Waals surface area (Å²) in [4.78, 5) is 15.0. The van der Waals surface area contributed by atoms with Crippen LogP contribution < -0.4 is 5.73 Å². The second-order valence-electron chi connectivity index (χ2n) is 7.45. The van der Waals surface area contributed by atoms with Gasteiger partial charge in [0, 0.05) is 37.8 Å². The number of carbonyl (C=O) groups is 1. The molecule has 0 bridgehead atoms. The predicted octanol–water partition coefficient (Wildman–Crippen LogP) is 3.12. The van der Waals surface area contributed by atoms with Crippen LogP contribution in [0.5, 0.6) is 0 Å². The number of amides is 1. The minimum atomic E-state index is -3.53. The van der Waals surface area contributed by atoms with E-state index in [0.29, 0.717) is 37.7 Å². The lowest BCUT2D eigenvalue weighted by atomic mass is 9.92. The third-order valence-electron chi connectivity index (χ3n) is 5.20. The van der Waals surface area contributed by atoms with E-state index in [4.69, 9.17) is 5.73 Å². The highest BCUT2D eigenvalue weighted by Crippen LogP contribution is 2.24. The first-order valence-corrected chi connectivity index (χ1v) is 11.4. The van der Waals surface area contributed by atoms with Crippen molar-refractivity contribution in [2.75, 3.05) is 26.2 Å². The number of piperidine rings is 1. The lowest BCUT2D eigenvalue weighted by Crippen LogP contribution is -2.49. The maximum absolute atomic E-state index is 12.9. The summed E-state index contributed by atoms with van der Waals surface area (Å²) in [6.45, 7) is 8.26. The largest absolute Gasteiger partial charge is 0.334 e. The minimum absolute atomic E-state index is 0. The standard InChI is InChI=1S/C20H33N3O3S.ClH/c1-4-11-22(12-5-2)27(25,26)19-8-6-17(7-9-19)20(24)23-13-10-16(3)14-18(23)15-21;/h6-9,16,18H,4-5,10-15,21H2,1-3H3;1H. The molecule has 0 aliphatic carbocycles. The normalized spacial score (nSPS) is 20.1. The molecule has 2 N–H and O–H groups in total. The Morgan fingerprint density at radius 3 is 2.25 bits per heavy atom. The second-order valence-corrected chi connectivity index (χ2v) is 9.38. The number of rotatable bonds is 8. The molecule has 1 saturated heterocycles. The minimum Gasteiger partial charge on any atom is -0.334 e. The van der Waals surface area contributed by atoms with E-state index in [1.54, 1.807) is 24.3 Å². The third kappa shape index (κ3) is 5.69. The Hall–Kier alpha value is -1.15. The van der Waals surface area contributed by atoms with Gasteiger partial charge in [-0.25, -0.2) is 8.42 Å². The number of likely N-dealkylation sites (tertiary alicyclic amines) is 1. The van der Waals surface area contributed by atoms with E-state index >= 15 is 0 Å². The molecule has 1 amide bonds. The van der Waals surface area contributed by atoms with Crippen LogP contribution in [-0.4, -0.2) is 55.8 Å². The van der Waals surface area contributed by atoms with Crippen molar-refractivity contribution in [2.45, 2.75) is 57.4 Å². The summed E-state index contributed by atoms with van der Waals surface area (Å²) in [6, 6.07) is 6.39. The molecule has 6 nitrogen and oxygen atoms in total. The van der Waals surface area contributed by atoms with Crippen LogP contribution >= 0.6 is 12.4 Å². The van der Waals surface area contributed by atoms with Crippen molar-refractivity contribution in [3.63, 3.8) is 0 Å². The lowest BCUT2D eigenvalue weighted by molar-refractivity contribution is 0.0573. The van der Waals surface area contributed by atoms with Gasteiger partial charge in [-0.2, -0.15) is 4.31 Å². The molecule has 2 rings (SSSR count). The van der Waals surface area contributed by atoms with Crippen molar-refractivity contribution in [1.82, 2.24) is 9.21 Å². The van der Waals surface area contributed by atoms with Crippen LogP contribution in [0.4, 0.5) is 0 Å². The van der Waals surface area contributed by atoms with Crippen LogP contribution in [0.25, 0.3) is 0 Å². The van der Waals surface area contributed by atoms with E-state index in [1.165, 1.54) is 4.31 Å². The molecule has 0 spiro atoms. The Bertz CT molecular complexity index is 719. The van der Waals surface area contributed by atoms with Gasteiger partial charge in [0.2, 0.25) is 10.0 Å². The molecule has 1 fully saturated rings. The first kappa shape index (κ1) is 24.9. The Morgan fingerprint density at radius 2 is 1.75 bits per heavy atom. The van der Waals surface area contributed by atoms with Crippen molar-refractivity contribution in [3.05, 3.63) is 29.8 Å². The zero-order chi connectivity index (χ0) is 20.0. The molecule has 1 aromatic rings. The topological polar surface area (TPSA) is 83.7 Å². The number of halogens is 1. The molecule has 0 radical (unpaired) electrons. The lowest BCUT2D eigenvalue weighted by Gasteiger charge is -2.38. The summed E-state index contributed by atoms with van der Waals surface area (Å²) >= 11 is 0. The summed E-state index contributed by atoms with van der Waals surface area (Å²) in [5.41, 5.74) is 6.38. The third-order valence-corrected chi connectivity index (χ3v) is 7.11. The monoisotopic (exact) mass is 431 g/mol. The van der Waals surface area contributed by atoms with Crippen LogP contribution in [-0.2, 0) is 10.0 Å². The first-order valence-electron chi connectivity index (χ1n) is 9.96. The van der Waals surface area contributed by atoms with Gasteiger partial charge in [-0.15, -0.1) is 12.4 Å². The number of nitrogens with two attached hydrogens (primary N) is 1. The van der Waals surface area contributed by atoms with E-state index in [-0.39, 0.29) is 29.3 Å². The van der Waals surface area contributed by atoms with Gasteiger partial charge in [0.1, 0.15) is 0 Å². The van der Waals surface area contributed by atoms with Crippen molar-refractivity contribution >= 4 is 28.3 Å². The molecule has 2 atom stereocenters. The SMILES string of the molecule is CCCN(CCC)S(=O)(=O)c1ccc(C(=O)N2CCC(C)CC2CN)cc1.Cl. The Kier molecular flexibility index (Phi) is 9.90. The van der Waals surface area contributed by atoms with Crippen LogP contribution in [0.3, 0.4) is 0 Å². The van der Waals surface area contributed by atoms with E-state index in [2.05, 4.69) is 6.92 Å². The van der Waals surface area contributed by atoms with Crippen LogP contribution in [0.15, 0.2) is 29.2 Å². The molecule has 0 saturated carbocycles. The number of hydrogen-bond donors (Lipinski definition) is 1. The Labute approximate surface area is 175 Å². The van der Waals surface area contributed by atoms with E-state index in [9.17, 15) is 13.2 Å². The summed E-state index contributed by atoms with van der Waals surface area (Å²) in [6.07, 6.45) is 3.42. The summed E-state index contributed by atoms with van der Waals surface area (Å²) in [5.74, 6) is 0.499. The van der Waals surface area contributed by atoms with Crippen LogP contribution in [0, 0.1) is 5.92 Å². The second kappa shape index (κ2) is 11.1. The molecule has 1 heterocycles. The summed E-state index contributed by atoms with van der Waals surface area (Å²) in [7, 11) is -3.53. The van der Waals surface area contributed by atoms with Crippen LogP contribution in [0.2, 0.25) is 0 Å².